The van der Waals surface area contributed by atoms with Crippen LogP contribution in [0.4, 0.5) is 13.2 Å². The summed E-state index contributed by atoms with van der Waals surface area (Å²) in [5.41, 5.74) is 2.10. The van der Waals surface area contributed by atoms with Gasteiger partial charge in [-0.1, -0.05) is 28.8 Å². The Morgan fingerprint density at radius 3 is 2.09 bits per heavy atom. The van der Waals surface area contributed by atoms with E-state index in [0.29, 0.717) is 15.5 Å². The van der Waals surface area contributed by atoms with Crippen molar-refractivity contribution in [2.45, 2.75) is 44.3 Å². The molecule has 0 aliphatic carbocycles. The Kier molecular flexibility index (Phi) is 4.41. The summed E-state index contributed by atoms with van der Waals surface area (Å²) in [5, 5.41) is 0. The Hall–Kier alpha value is -1.34. The molecule has 1 heterocycles. The number of alkyl halides is 3. The molecule has 1 unspecified atom stereocenters. The molecular weight excluding hydrogens is 315 g/mol. The zero-order valence-electron chi connectivity index (χ0n) is 12.6. The van der Waals surface area contributed by atoms with E-state index in [-0.39, 0.29) is 17.9 Å². The predicted molar refractivity (Wildman–Crippen MR) is 77.9 cm³/mol. The van der Waals surface area contributed by atoms with Crippen molar-refractivity contribution in [2.24, 2.45) is 0 Å². The second-order valence-corrected chi connectivity index (χ2v) is 7.58. The third kappa shape index (κ3) is 3.20. The van der Waals surface area contributed by atoms with Crippen molar-refractivity contribution >= 4 is 10.0 Å². The highest BCUT2D eigenvalue weighted by molar-refractivity contribution is 7.89. The summed E-state index contributed by atoms with van der Waals surface area (Å²) >= 11 is 0. The Morgan fingerprint density at radius 1 is 1.05 bits per heavy atom. The Labute approximate surface area is 128 Å². The molecule has 1 atom stereocenters. The maximum absolute atomic E-state index is 13.3. The van der Waals surface area contributed by atoms with E-state index in [1.807, 2.05) is 0 Å². The van der Waals surface area contributed by atoms with Crippen LogP contribution in [0.1, 0.15) is 25.8 Å². The van der Waals surface area contributed by atoms with Crippen molar-refractivity contribution in [1.82, 2.24) is 4.31 Å². The second kappa shape index (κ2) is 5.70. The number of aryl methyl sites for hydroxylation is 1. The third-order valence-corrected chi connectivity index (χ3v) is 5.84. The van der Waals surface area contributed by atoms with Gasteiger partial charge in [0, 0.05) is 6.54 Å². The molecular formula is C15H18F3NO2S. The van der Waals surface area contributed by atoms with Crippen LogP contribution in [0.2, 0.25) is 0 Å². The number of nitrogens with zero attached hydrogens (tertiary/aromatic N) is 1. The van der Waals surface area contributed by atoms with Crippen LogP contribution in [0.3, 0.4) is 0 Å². The SMILES string of the molecule is CC1=C(C)CN(S(=O)(=O)c2ccc(C)cc2)C(C(F)(F)F)C1. The van der Waals surface area contributed by atoms with Gasteiger partial charge in [-0.05, 0) is 39.3 Å². The summed E-state index contributed by atoms with van der Waals surface area (Å²) in [7, 11) is -4.19. The molecule has 1 aliphatic heterocycles. The smallest absolute Gasteiger partial charge is 0.207 e. The molecule has 0 bridgehead atoms. The molecule has 0 N–H and O–H groups in total. The van der Waals surface area contributed by atoms with E-state index in [0.717, 1.165) is 5.56 Å². The molecule has 3 nitrogen and oxygen atoms in total. The van der Waals surface area contributed by atoms with Gasteiger partial charge in [-0.15, -0.1) is 0 Å². The summed E-state index contributed by atoms with van der Waals surface area (Å²) in [6.45, 7) is 4.84. The first-order chi connectivity index (χ1) is 10.0. The minimum atomic E-state index is -4.60. The quantitative estimate of drug-likeness (QED) is 0.775. The lowest BCUT2D eigenvalue weighted by atomic mass is 9.98. The van der Waals surface area contributed by atoms with Crippen LogP contribution in [0, 0.1) is 6.92 Å². The fraction of sp³-hybridized carbons (Fsp3) is 0.467. The molecule has 1 aromatic rings. The van der Waals surface area contributed by atoms with E-state index >= 15 is 0 Å². The zero-order chi connectivity index (χ0) is 16.7. The van der Waals surface area contributed by atoms with Gasteiger partial charge in [0.05, 0.1) is 4.90 Å². The van der Waals surface area contributed by atoms with E-state index in [1.54, 1.807) is 32.9 Å². The van der Waals surface area contributed by atoms with Gasteiger partial charge in [0.15, 0.2) is 0 Å². The van der Waals surface area contributed by atoms with Crippen molar-refractivity contribution in [2.75, 3.05) is 6.54 Å². The number of hydrogen-bond acceptors (Lipinski definition) is 2. The van der Waals surface area contributed by atoms with Gasteiger partial charge in [-0.25, -0.2) is 8.42 Å². The normalized spacial score (nSPS) is 21.3. The number of rotatable bonds is 2. The average Bonchev–Trinajstić information content (AvgIpc) is 2.40. The fourth-order valence-corrected chi connectivity index (χ4v) is 4.07. The minimum absolute atomic E-state index is 0.111. The van der Waals surface area contributed by atoms with E-state index in [1.165, 1.54) is 12.1 Å². The molecule has 0 amide bonds. The van der Waals surface area contributed by atoms with Gasteiger partial charge in [0.25, 0.3) is 0 Å². The van der Waals surface area contributed by atoms with Crippen LogP contribution in [0.5, 0.6) is 0 Å². The largest absolute Gasteiger partial charge is 0.405 e. The molecule has 0 spiro atoms. The highest BCUT2D eigenvalue weighted by Gasteiger charge is 2.49. The minimum Gasteiger partial charge on any atom is -0.207 e. The molecule has 0 radical (unpaired) electrons. The van der Waals surface area contributed by atoms with Gasteiger partial charge >= 0.3 is 6.18 Å². The molecule has 0 aromatic heterocycles. The summed E-state index contributed by atoms with van der Waals surface area (Å²) in [5.74, 6) is 0. The third-order valence-electron chi connectivity index (χ3n) is 3.97. The van der Waals surface area contributed by atoms with Crippen molar-refractivity contribution in [1.29, 1.82) is 0 Å². The fourth-order valence-electron chi connectivity index (χ4n) is 2.42. The summed E-state index contributed by atoms with van der Waals surface area (Å²) in [4.78, 5) is -0.111. The number of benzene rings is 1. The molecule has 0 saturated carbocycles. The van der Waals surface area contributed by atoms with E-state index < -0.39 is 22.2 Å². The molecule has 0 saturated heterocycles. The second-order valence-electron chi connectivity index (χ2n) is 5.69. The molecule has 7 heteroatoms. The van der Waals surface area contributed by atoms with Crippen LogP contribution >= 0.6 is 0 Å². The first-order valence-electron chi connectivity index (χ1n) is 6.84. The first-order valence-corrected chi connectivity index (χ1v) is 8.28. The highest BCUT2D eigenvalue weighted by atomic mass is 32.2. The van der Waals surface area contributed by atoms with Gasteiger partial charge in [-0.3, -0.25) is 0 Å². The molecule has 2 rings (SSSR count). The van der Waals surface area contributed by atoms with Crippen molar-refractivity contribution in [3.05, 3.63) is 41.0 Å². The van der Waals surface area contributed by atoms with E-state index in [4.69, 9.17) is 0 Å². The predicted octanol–water partition coefficient (Wildman–Crippen LogP) is 3.66. The van der Waals surface area contributed by atoms with Gasteiger partial charge < -0.3 is 0 Å². The monoisotopic (exact) mass is 333 g/mol. The van der Waals surface area contributed by atoms with Crippen LogP contribution < -0.4 is 0 Å². The number of hydrogen-bond donors (Lipinski definition) is 0. The van der Waals surface area contributed by atoms with Crippen LogP contribution in [0.15, 0.2) is 40.3 Å². The number of halogens is 3. The van der Waals surface area contributed by atoms with E-state index in [2.05, 4.69) is 0 Å². The molecule has 1 aliphatic rings. The van der Waals surface area contributed by atoms with Gasteiger partial charge in [0.2, 0.25) is 10.0 Å². The molecule has 22 heavy (non-hydrogen) atoms. The Morgan fingerprint density at radius 2 is 1.59 bits per heavy atom. The molecule has 0 fully saturated rings. The standard InChI is InChI=1S/C15H18F3NO2S/c1-10-4-6-13(7-5-10)22(20,21)19-9-12(3)11(2)8-14(19)15(16,17)18/h4-7,14H,8-9H2,1-3H3. The average molecular weight is 333 g/mol. The Bertz CT molecular complexity index is 690. The Balaban J connectivity index is 2.49. The zero-order valence-corrected chi connectivity index (χ0v) is 13.4. The van der Waals surface area contributed by atoms with Crippen LogP contribution in [-0.4, -0.2) is 31.5 Å². The highest BCUT2D eigenvalue weighted by Crippen LogP contribution is 2.37. The van der Waals surface area contributed by atoms with Gasteiger partial charge in [0.1, 0.15) is 6.04 Å². The maximum atomic E-state index is 13.3. The van der Waals surface area contributed by atoms with Gasteiger partial charge in [-0.2, -0.15) is 17.5 Å². The van der Waals surface area contributed by atoms with Crippen molar-refractivity contribution in [3.63, 3.8) is 0 Å². The van der Waals surface area contributed by atoms with Crippen molar-refractivity contribution in [3.8, 4) is 0 Å². The maximum Gasteiger partial charge on any atom is 0.405 e. The van der Waals surface area contributed by atoms with Crippen LogP contribution in [-0.2, 0) is 10.0 Å². The van der Waals surface area contributed by atoms with Crippen LogP contribution in [0.25, 0.3) is 0 Å². The summed E-state index contributed by atoms with van der Waals surface area (Å²) in [6, 6.07) is 3.83. The molecule has 1 aromatic carbocycles. The lowest BCUT2D eigenvalue weighted by molar-refractivity contribution is -0.171. The number of sulfonamides is 1. The summed E-state index contributed by atoms with van der Waals surface area (Å²) in [6.07, 6.45) is -4.92. The lowest BCUT2D eigenvalue weighted by Crippen LogP contribution is -2.51. The van der Waals surface area contributed by atoms with Crippen molar-refractivity contribution < 1.29 is 21.6 Å². The summed E-state index contributed by atoms with van der Waals surface area (Å²) < 4.78 is 65.6. The van der Waals surface area contributed by atoms with E-state index in [9.17, 15) is 21.6 Å². The lowest BCUT2D eigenvalue weighted by Gasteiger charge is -2.36. The first kappa shape index (κ1) is 17.0. The molecule has 122 valence electrons. The topological polar surface area (TPSA) is 37.4 Å².